The van der Waals surface area contributed by atoms with Crippen molar-refractivity contribution in [2.24, 2.45) is 10.8 Å². The van der Waals surface area contributed by atoms with E-state index in [4.69, 9.17) is 29.0 Å². The first-order valence-corrected chi connectivity index (χ1v) is 8.57. The summed E-state index contributed by atoms with van der Waals surface area (Å²) in [6, 6.07) is 2.56. The number of aliphatic imine (C=N–C) groups is 1. The lowest BCUT2D eigenvalue weighted by atomic mass is 9.79. The van der Waals surface area contributed by atoms with Gasteiger partial charge >= 0.3 is 0 Å². The van der Waals surface area contributed by atoms with Crippen molar-refractivity contribution in [3.63, 3.8) is 0 Å². The molecule has 0 amide bonds. The standard InChI is InChI=1S/C17H16Cl2F3N5O/c1-3-24-8-27(23)7-17(28,11-5-4-10(20)6-12(11)21)9(2)14-13(22)15(18)26-16(19)25-14/h3-6,8-9,28H,1,7,23H2,2H3. The van der Waals surface area contributed by atoms with E-state index in [2.05, 4.69) is 21.5 Å². The second-order valence-electron chi connectivity index (χ2n) is 5.87. The molecule has 1 aromatic carbocycles. The highest BCUT2D eigenvalue weighted by Gasteiger charge is 2.42. The first kappa shape index (κ1) is 22.1. The average Bonchev–Trinajstić information content (AvgIpc) is 2.62. The molecule has 0 saturated heterocycles. The molecule has 0 fully saturated rings. The summed E-state index contributed by atoms with van der Waals surface area (Å²) in [7, 11) is 0. The van der Waals surface area contributed by atoms with Gasteiger partial charge in [-0.15, -0.1) is 0 Å². The van der Waals surface area contributed by atoms with Crippen molar-refractivity contribution in [2.45, 2.75) is 18.4 Å². The molecule has 0 bridgehead atoms. The quantitative estimate of drug-likeness (QED) is 0.174. The molecule has 2 unspecified atom stereocenters. The van der Waals surface area contributed by atoms with Crippen molar-refractivity contribution in [2.75, 3.05) is 6.54 Å². The number of hydrogen-bond acceptors (Lipinski definition) is 5. The SMILES string of the molecule is C=CN=CN(N)CC(O)(c1ccc(F)cc1F)C(C)c1nc(Cl)nc(Cl)c1F. The van der Waals surface area contributed by atoms with Crippen LogP contribution in [0.5, 0.6) is 0 Å². The van der Waals surface area contributed by atoms with Crippen LogP contribution in [-0.2, 0) is 5.60 Å². The van der Waals surface area contributed by atoms with E-state index in [9.17, 15) is 18.3 Å². The normalized spacial score (nSPS) is 14.7. The predicted octanol–water partition coefficient (Wildman–Crippen LogP) is 3.54. The fourth-order valence-corrected chi connectivity index (χ4v) is 3.07. The zero-order chi connectivity index (χ0) is 21.1. The number of nitrogens with two attached hydrogens (primary N) is 1. The van der Waals surface area contributed by atoms with Gasteiger partial charge in [0.1, 0.15) is 23.6 Å². The van der Waals surface area contributed by atoms with Gasteiger partial charge in [0, 0.05) is 23.7 Å². The molecule has 0 aliphatic carbocycles. The molecule has 150 valence electrons. The number of aromatic nitrogens is 2. The van der Waals surface area contributed by atoms with E-state index < -0.39 is 40.7 Å². The minimum Gasteiger partial charge on any atom is -0.382 e. The van der Waals surface area contributed by atoms with Gasteiger partial charge in [0.25, 0.3) is 0 Å². The number of halogens is 5. The molecule has 0 saturated carbocycles. The molecule has 3 N–H and O–H groups in total. The fourth-order valence-electron chi connectivity index (χ4n) is 2.67. The Kier molecular flexibility index (Phi) is 7.00. The molecule has 2 atom stereocenters. The molecule has 2 rings (SSSR count). The van der Waals surface area contributed by atoms with Crippen LogP contribution >= 0.6 is 23.2 Å². The molecule has 0 radical (unpaired) electrons. The summed E-state index contributed by atoms with van der Waals surface area (Å²) in [5.41, 5.74) is -2.89. The van der Waals surface area contributed by atoms with Gasteiger partial charge in [-0.05, 0) is 17.7 Å². The molecular weight excluding hydrogens is 418 g/mol. The van der Waals surface area contributed by atoms with Gasteiger partial charge in [0.15, 0.2) is 11.0 Å². The lowest BCUT2D eigenvalue weighted by Crippen LogP contribution is -2.47. The highest BCUT2D eigenvalue weighted by atomic mass is 35.5. The molecule has 0 aliphatic rings. The fraction of sp³-hybridized carbons (Fsp3) is 0.235. The highest BCUT2D eigenvalue weighted by Crippen LogP contribution is 2.40. The Labute approximate surface area is 169 Å². The van der Waals surface area contributed by atoms with Crippen LogP contribution in [0.4, 0.5) is 13.2 Å². The van der Waals surface area contributed by atoms with Crippen LogP contribution < -0.4 is 5.84 Å². The van der Waals surface area contributed by atoms with Crippen molar-refractivity contribution in [3.05, 3.63) is 70.1 Å². The zero-order valence-electron chi connectivity index (χ0n) is 14.6. The van der Waals surface area contributed by atoms with Crippen molar-refractivity contribution < 1.29 is 18.3 Å². The van der Waals surface area contributed by atoms with Crippen LogP contribution in [-0.4, -0.2) is 33.0 Å². The van der Waals surface area contributed by atoms with E-state index in [1.54, 1.807) is 0 Å². The maximum Gasteiger partial charge on any atom is 0.224 e. The Balaban J connectivity index is 2.63. The minimum atomic E-state index is -2.18. The summed E-state index contributed by atoms with van der Waals surface area (Å²) in [5.74, 6) is 1.60. The minimum absolute atomic E-state index is 0.339. The Morgan fingerprint density at radius 2 is 2.04 bits per heavy atom. The average molecular weight is 434 g/mol. The molecule has 28 heavy (non-hydrogen) atoms. The topological polar surface area (TPSA) is 87.6 Å². The van der Waals surface area contributed by atoms with Gasteiger partial charge in [0.2, 0.25) is 5.28 Å². The van der Waals surface area contributed by atoms with E-state index in [0.717, 1.165) is 23.5 Å². The van der Waals surface area contributed by atoms with Crippen LogP contribution in [0.1, 0.15) is 24.1 Å². The maximum absolute atomic E-state index is 14.5. The maximum atomic E-state index is 14.5. The summed E-state index contributed by atoms with van der Waals surface area (Å²) in [6.45, 7) is 4.28. The van der Waals surface area contributed by atoms with E-state index in [1.165, 1.54) is 13.1 Å². The van der Waals surface area contributed by atoms with Gasteiger partial charge in [-0.25, -0.2) is 34.0 Å². The summed E-state index contributed by atoms with van der Waals surface area (Å²) in [4.78, 5) is 10.9. The number of nitrogens with zero attached hydrogens (tertiary/aromatic N) is 4. The second-order valence-corrected chi connectivity index (χ2v) is 6.57. The summed E-state index contributed by atoms with van der Waals surface area (Å²) in [6.07, 6.45) is 2.30. The molecule has 0 spiro atoms. The largest absolute Gasteiger partial charge is 0.382 e. The van der Waals surface area contributed by atoms with Gasteiger partial charge in [-0.3, -0.25) is 5.01 Å². The van der Waals surface area contributed by atoms with E-state index in [-0.39, 0.29) is 16.5 Å². The zero-order valence-corrected chi connectivity index (χ0v) is 16.1. The Hall–Kier alpha value is -2.20. The van der Waals surface area contributed by atoms with Crippen LogP contribution in [0.3, 0.4) is 0 Å². The van der Waals surface area contributed by atoms with Crippen molar-refractivity contribution in [3.8, 4) is 0 Å². The van der Waals surface area contributed by atoms with E-state index >= 15 is 0 Å². The lowest BCUT2D eigenvalue weighted by molar-refractivity contribution is -0.0110. The summed E-state index contributed by atoms with van der Waals surface area (Å²) >= 11 is 11.4. The molecule has 0 aliphatic heterocycles. The molecule has 1 heterocycles. The third-order valence-electron chi connectivity index (χ3n) is 4.08. The van der Waals surface area contributed by atoms with Crippen LogP contribution in [0.2, 0.25) is 10.4 Å². The summed E-state index contributed by atoms with van der Waals surface area (Å²) < 4.78 is 42.4. The molecular formula is C17H16Cl2F3N5O. The number of benzene rings is 1. The van der Waals surface area contributed by atoms with Crippen molar-refractivity contribution >= 4 is 29.5 Å². The predicted molar refractivity (Wildman–Crippen MR) is 100 cm³/mol. The number of aliphatic hydroxyl groups is 1. The van der Waals surface area contributed by atoms with Gasteiger partial charge in [-0.1, -0.05) is 31.2 Å². The van der Waals surface area contributed by atoms with Crippen molar-refractivity contribution in [1.29, 1.82) is 0 Å². The number of hydrazine groups is 1. The highest BCUT2D eigenvalue weighted by molar-refractivity contribution is 6.31. The Morgan fingerprint density at radius 3 is 2.64 bits per heavy atom. The molecule has 6 nitrogen and oxygen atoms in total. The van der Waals surface area contributed by atoms with Crippen molar-refractivity contribution in [1.82, 2.24) is 15.0 Å². The van der Waals surface area contributed by atoms with Gasteiger partial charge in [0.05, 0.1) is 12.2 Å². The molecule has 2 aromatic rings. The monoisotopic (exact) mass is 433 g/mol. The Morgan fingerprint density at radius 1 is 1.36 bits per heavy atom. The lowest BCUT2D eigenvalue weighted by Gasteiger charge is -2.37. The first-order chi connectivity index (χ1) is 13.1. The third kappa shape index (κ3) is 4.61. The van der Waals surface area contributed by atoms with E-state index in [1.807, 2.05) is 0 Å². The molecule has 11 heteroatoms. The van der Waals surface area contributed by atoms with E-state index in [0.29, 0.717) is 6.07 Å². The van der Waals surface area contributed by atoms with Crippen LogP contribution in [0.25, 0.3) is 0 Å². The summed E-state index contributed by atoms with van der Waals surface area (Å²) in [5, 5.41) is 11.4. The molecule has 1 aromatic heterocycles. The Bertz CT molecular complexity index is 915. The first-order valence-electron chi connectivity index (χ1n) is 7.82. The van der Waals surface area contributed by atoms with Crippen LogP contribution in [0, 0.1) is 17.5 Å². The smallest absolute Gasteiger partial charge is 0.224 e. The second kappa shape index (κ2) is 8.87. The van der Waals surface area contributed by atoms with Gasteiger partial charge in [-0.2, -0.15) is 0 Å². The van der Waals surface area contributed by atoms with Crippen LogP contribution in [0.15, 0.2) is 36.0 Å². The third-order valence-corrected chi connectivity index (χ3v) is 4.50. The number of rotatable bonds is 7. The number of hydrogen-bond donors (Lipinski definition) is 2. The van der Waals surface area contributed by atoms with Gasteiger partial charge < -0.3 is 5.11 Å².